The Hall–Kier alpha value is -2.22. The van der Waals surface area contributed by atoms with Gasteiger partial charge in [-0.1, -0.05) is 0 Å². The molecular weight excluding hydrogens is 322 g/mol. The predicted molar refractivity (Wildman–Crippen MR) is 87.9 cm³/mol. The molecule has 4 rings (SSSR count). The summed E-state index contributed by atoms with van der Waals surface area (Å²) in [7, 11) is 1.63. The van der Waals surface area contributed by atoms with Gasteiger partial charge in [0.05, 0.1) is 5.69 Å². The fraction of sp³-hybridized carbons (Fsp3) is 0.647. The standard InChI is InChI=1S/C17H23N5O3/c1-9-15(25-10(2)18-9)17(23)22-6-12(11-4-5-11)13(7-22)16-19-14(8-24-3)20-21-16/h11-13H,4-8H2,1-3H3,(H,19,20,21)/t12-,13+/m1/s1. The summed E-state index contributed by atoms with van der Waals surface area (Å²) in [4.78, 5) is 23.5. The van der Waals surface area contributed by atoms with Gasteiger partial charge in [-0.2, -0.15) is 5.10 Å². The largest absolute Gasteiger partial charge is 0.436 e. The Morgan fingerprint density at radius 1 is 1.32 bits per heavy atom. The van der Waals surface area contributed by atoms with E-state index in [-0.39, 0.29) is 11.8 Å². The molecule has 1 saturated heterocycles. The van der Waals surface area contributed by atoms with Crippen LogP contribution in [0.15, 0.2) is 4.42 Å². The van der Waals surface area contributed by atoms with Crippen molar-refractivity contribution in [2.75, 3.05) is 20.2 Å². The summed E-state index contributed by atoms with van der Waals surface area (Å²) in [5.74, 6) is 3.50. The molecule has 1 aliphatic heterocycles. The van der Waals surface area contributed by atoms with Gasteiger partial charge in [-0.05, 0) is 31.6 Å². The molecule has 1 saturated carbocycles. The highest BCUT2D eigenvalue weighted by atomic mass is 16.5. The molecule has 3 heterocycles. The van der Waals surface area contributed by atoms with Gasteiger partial charge in [0, 0.05) is 33.0 Å². The van der Waals surface area contributed by atoms with Crippen LogP contribution in [-0.4, -0.2) is 51.2 Å². The number of carbonyl (C=O) groups is 1. The maximum atomic E-state index is 12.9. The summed E-state index contributed by atoms with van der Waals surface area (Å²) < 4.78 is 10.6. The molecular formula is C17H23N5O3. The van der Waals surface area contributed by atoms with E-state index in [0.29, 0.717) is 42.3 Å². The summed E-state index contributed by atoms with van der Waals surface area (Å²) in [5, 5.41) is 7.31. The molecule has 0 unspecified atom stereocenters. The number of aromatic amines is 1. The molecule has 1 aliphatic carbocycles. The van der Waals surface area contributed by atoms with Gasteiger partial charge in [0.1, 0.15) is 6.61 Å². The second-order valence-corrected chi connectivity index (χ2v) is 7.04. The van der Waals surface area contributed by atoms with Crippen molar-refractivity contribution in [1.82, 2.24) is 25.1 Å². The van der Waals surface area contributed by atoms with Crippen LogP contribution in [0.3, 0.4) is 0 Å². The van der Waals surface area contributed by atoms with E-state index in [1.807, 2.05) is 11.8 Å². The number of rotatable bonds is 5. The third-order valence-electron chi connectivity index (χ3n) is 5.14. The minimum absolute atomic E-state index is 0.0844. The van der Waals surface area contributed by atoms with E-state index in [0.717, 1.165) is 18.2 Å². The normalized spacial score (nSPS) is 23.4. The van der Waals surface area contributed by atoms with Gasteiger partial charge in [-0.15, -0.1) is 0 Å². The van der Waals surface area contributed by atoms with E-state index in [4.69, 9.17) is 9.15 Å². The Labute approximate surface area is 146 Å². The molecule has 2 fully saturated rings. The zero-order valence-electron chi connectivity index (χ0n) is 14.8. The third-order valence-corrected chi connectivity index (χ3v) is 5.14. The number of aryl methyl sites for hydroxylation is 2. The van der Waals surface area contributed by atoms with Crippen LogP contribution in [0.1, 0.15) is 52.5 Å². The number of oxazole rings is 1. The maximum absolute atomic E-state index is 12.9. The van der Waals surface area contributed by atoms with Gasteiger partial charge in [0.25, 0.3) is 5.91 Å². The summed E-state index contributed by atoms with van der Waals surface area (Å²) in [6.45, 7) is 5.31. The van der Waals surface area contributed by atoms with Crippen LogP contribution in [0.2, 0.25) is 0 Å². The molecule has 0 bridgehead atoms. The van der Waals surface area contributed by atoms with E-state index in [9.17, 15) is 4.79 Å². The highest BCUT2D eigenvalue weighted by Crippen LogP contribution is 2.47. The first kappa shape index (κ1) is 16.3. The van der Waals surface area contributed by atoms with Gasteiger partial charge in [0.2, 0.25) is 5.76 Å². The van der Waals surface area contributed by atoms with Crippen molar-refractivity contribution in [3.05, 3.63) is 29.0 Å². The summed E-state index contributed by atoms with van der Waals surface area (Å²) in [5.41, 5.74) is 0.647. The lowest BCUT2D eigenvalue weighted by Crippen LogP contribution is -2.29. The van der Waals surface area contributed by atoms with Crippen LogP contribution in [0.25, 0.3) is 0 Å². The Kier molecular flexibility index (Phi) is 4.07. The van der Waals surface area contributed by atoms with Crippen molar-refractivity contribution < 1.29 is 13.9 Å². The van der Waals surface area contributed by atoms with Crippen molar-refractivity contribution >= 4 is 5.91 Å². The fourth-order valence-corrected chi connectivity index (χ4v) is 3.82. The van der Waals surface area contributed by atoms with Crippen LogP contribution >= 0.6 is 0 Å². The Balaban J connectivity index is 1.56. The molecule has 25 heavy (non-hydrogen) atoms. The SMILES string of the molecule is COCc1nc([C@H]2CN(C(=O)c3oc(C)nc3C)C[C@@H]2C2CC2)n[nH]1. The lowest BCUT2D eigenvalue weighted by Gasteiger charge is -2.14. The first-order chi connectivity index (χ1) is 12.1. The number of H-pyrrole nitrogens is 1. The quantitative estimate of drug-likeness (QED) is 0.888. The summed E-state index contributed by atoms with van der Waals surface area (Å²) in [6, 6.07) is 0. The molecule has 1 amide bonds. The van der Waals surface area contributed by atoms with E-state index < -0.39 is 0 Å². The van der Waals surface area contributed by atoms with E-state index in [1.54, 1.807) is 14.0 Å². The smallest absolute Gasteiger partial charge is 0.291 e. The molecule has 0 spiro atoms. The van der Waals surface area contributed by atoms with Crippen molar-refractivity contribution in [2.45, 2.75) is 39.2 Å². The zero-order chi connectivity index (χ0) is 17.6. The number of carbonyl (C=O) groups excluding carboxylic acids is 1. The zero-order valence-corrected chi connectivity index (χ0v) is 14.8. The van der Waals surface area contributed by atoms with Gasteiger partial charge in [0.15, 0.2) is 17.5 Å². The molecule has 2 atom stereocenters. The molecule has 0 radical (unpaired) electrons. The lowest BCUT2D eigenvalue weighted by molar-refractivity contribution is 0.0750. The lowest BCUT2D eigenvalue weighted by atomic mass is 9.91. The topological polar surface area (TPSA) is 97.1 Å². The molecule has 8 heteroatoms. The van der Waals surface area contributed by atoms with Crippen LogP contribution < -0.4 is 0 Å². The van der Waals surface area contributed by atoms with Crippen molar-refractivity contribution in [3.8, 4) is 0 Å². The number of nitrogens with one attached hydrogen (secondary N) is 1. The number of amides is 1. The molecule has 2 aromatic rings. The van der Waals surface area contributed by atoms with Crippen LogP contribution in [0, 0.1) is 25.7 Å². The first-order valence-corrected chi connectivity index (χ1v) is 8.70. The van der Waals surface area contributed by atoms with Gasteiger partial charge in [-0.3, -0.25) is 9.89 Å². The average Bonchev–Trinajstić information content (AvgIpc) is 3.01. The highest BCUT2D eigenvalue weighted by molar-refractivity contribution is 5.92. The predicted octanol–water partition coefficient (Wildman–Crippen LogP) is 1.82. The highest BCUT2D eigenvalue weighted by Gasteiger charge is 2.46. The first-order valence-electron chi connectivity index (χ1n) is 8.70. The summed E-state index contributed by atoms with van der Waals surface area (Å²) >= 11 is 0. The van der Waals surface area contributed by atoms with Crippen LogP contribution in [0.5, 0.6) is 0 Å². The number of ether oxygens (including phenoxy) is 1. The molecule has 1 N–H and O–H groups in total. The fourth-order valence-electron chi connectivity index (χ4n) is 3.82. The van der Waals surface area contributed by atoms with Crippen molar-refractivity contribution in [2.24, 2.45) is 11.8 Å². The number of aromatic nitrogens is 4. The Bertz CT molecular complexity index is 779. The number of hydrogen-bond acceptors (Lipinski definition) is 6. The van der Waals surface area contributed by atoms with Gasteiger partial charge in [-0.25, -0.2) is 9.97 Å². The second kappa shape index (κ2) is 6.25. The minimum Gasteiger partial charge on any atom is -0.436 e. The Morgan fingerprint density at radius 2 is 2.12 bits per heavy atom. The Morgan fingerprint density at radius 3 is 2.76 bits per heavy atom. The average molecular weight is 345 g/mol. The van der Waals surface area contributed by atoms with Crippen molar-refractivity contribution in [1.29, 1.82) is 0 Å². The molecule has 8 nitrogen and oxygen atoms in total. The van der Waals surface area contributed by atoms with Crippen LogP contribution in [-0.2, 0) is 11.3 Å². The summed E-state index contributed by atoms with van der Waals surface area (Å²) in [6.07, 6.45) is 2.44. The molecule has 2 aliphatic rings. The van der Waals surface area contributed by atoms with Gasteiger partial charge < -0.3 is 14.1 Å². The van der Waals surface area contributed by atoms with Gasteiger partial charge >= 0.3 is 0 Å². The second-order valence-electron chi connectivity index (χ2n) is 7.04. The number of nitrogens with zero attached hydrogens (tertiary/aromatic N) is 4. The van der Waals surface area contributed by atoms with E-state index >= 15 is 0 Å². The molecule has 0 aromatic carbocycles. The van der Waals surface area contributed by atoms with Crippen molar-refractivity contribution in [3.63, 3.8) is 0 Å². The third kappa shape index (κ3) is 3.06. The number of methoxy groups -OCH3 is 1. The molecule has 2 aromatic heterocycles. The van der Waals surface area contributed by atoms with Crippen LogP contribution in [0.4, 0.5) is 0 Å². The maximum Gasteiger partial charge on any atom is 0.291 e. The molecule has 134 valence electrons. The van der Waals surface area contributed by atoms with E-state index in [1.165, 1.54) is 12.8 Å². The monoisotopic (exact) mass is 345 g/mol. The van der Waals surface area contributed by atoms with E-state index in [2.05, 4.69) is 20.2 Å². The number of hydrogen-bond donors (Lipinski definition) is 1. The number of likely N-dealkylation sites (tertiary alicyclic amines) is 1. The minimum atomic E-state index is -0.0844.